The van der Waals surface area contributed by atoms with Crippen molar-refractivity contribution in [2.75, 3.05) is 23.7 Å². The lowest BCUT2D eigenvalue weighted by molar-refractivity contribution is -0.114. The minimum Gasteiger partial charge on any atom is -0.433 e. The normalized spacial score (nSPS) is 10.6. The third-order valence-corrected chi connectivity index (χ3v) is 3.66. The van der Waals surface area contributed by atoms with Crippen LogP contribution in [0.4, 0.5) is 20.2 Å². The maximum atomic E-state index is 12.5. The number of halogens is 2. The Balaban J connectivity index is 2.00. The Kier molecular flexibility index (Phi) is 7.74. The van der Waals surface area contributed by atoms with E-state index in [0.29, 0.717) is 23.7 Å². The van der Waals surface area contributed by atoms with Crippen LogP contribution in [0.5, 0.6) is 5.75 Å². The van der Waals surface area contributed by atoms with Crippen LogP contribution in [-0.4, -0.2) is 31.5 Å². The van der Waals surface area contributed by atoms with Crippen LogP contribution in [0.3, 0.4) is 0 Å². The molecule has 2 rings (SSSR count). The van der Waals surface area contributed by atoms with E-state index in [2.05, 4.69) is 20.7 Å². The summed E-state index contributed by atoms with van der Waals surface area (Å²) in [5, 5.41) is 8.22. The van der Waals surface area contributed by atoms with Crippen LogP contribution in [0, 0.1) is 5.92 Å². The molecule has 2 amide bonds. The highest BCUT2D eigenvalue weighted by Crippen LogP contribution is 2.25. The summed E-state index contributed by atoms with van der Waals surface area (Å²) in [7, 11) is 0. The number of anilines is 2. The number of carbonyl (C=O) groups is 2. The Hall–Kier alpha value is -3.16. The fourth-order valence-electron chi connectivity index (χ4n) is 2.36. The molecule has 0 aliphatic carbocycles. The molecule has 6 nitrogen and oxygen atoms in total. The fraction of sp³-hybridized carbons (Fsp3) is 0.300. The van der Waals surface area contributed by atoms with Crippen LogP contribution in [-0.2, 0) is 4.79 Å². The van der Waals surface area contributed by atoms with E-state index in [0.717, 1.165) is 0 Å². The van der Waals surface area contributed by atoms with E-state index in [-0.39, 0.29) is 23.9 Å². The highest BCUT2D eigenvalue weighted by atomic mass is 19.3. The van der Waals surface area contributed by atoms with Gasteiger partial charge >= 0.3 is 6.61 Å². The predicted octanol–water partition coefficient (Wildman–Crippen LogP) is 3.72. The SMILES string of the molecule is CC(C)CNC(=O)c1ccccc1NC(=O)CNc1ccccc1OC(F)F. The minimum absolute atomic E-state index is 0.0567. The van der Waals surface area contributed by atoms with Crippen molar-refractivity contribution in [1.29, 1.82) is 0 Å². The number of hydrogen-bond donors (Lipinski definition) is 3. The maximum absolute atomic E-state index is 12.5. The third kappa shape index (κ3) is 6.53. The predicted molar refractivity (Wildman–Crippen MR) is 104 cm³/mol. The van der Waals surface area contributed by atoms with Gasteiger partial charge in [0.2, 0.25) is 5.91 Å². The zero-order valence-corrected chi connectivity index (χ0v) is 15.7. The number of benzene rings is 2. The second-order valence-corrected chi connectivity index (χ2v) is 6.43. The molecule has 0 aliphatic heterocycles. The molecule has 3 N–H and O–H groups in total. The first-order valence-electron chi connectivity index (χ1n) is 8.81. The molecule has 0 aliphatic rings. The number of rotatable bonds is 9. The average Bonchev–Trinajstić information content (AvgIpc) is 2.65. The summed E-state index contributed by atoms with van der Waals surface area (Å²) in [5.41, 5.74) is 0.978. The molecule has 0 aromatic heterocycles. The Bertz CT molecular complexity index is 813. The van der Waals surface area contributed by atoms with Gasteiger partial charge in [-0.3, -0.25) is 9.59 Å². The van der Waals surface area contributed by atoms with Gasteiger partial charge in [-0.25, -0.2) is 0 Å². The van der Waals surface area contributed by atoms with E-state index in [9.17, 15) is 18.4 Å². The van der Waals surface area contributed by atoms with Crippen LogP contribution in [0.2, 0.25) is 0 Å². The van der Waals surface area contributed by atoms with Gasteiger partial charge in [0.1, 0.15) is 5.75 Å². The molecular weight excluding hydrogens is 368 g/mol. The number of hydrogen-bond acceptors (Lipinski definition) is 4. The monoisotopic (exact) mass is 391 g/mol. The molecule has 0 unspecified atom stereocenters. The number of amides is 2. The standard InChI is InChI=1S/C20H23F2N3O3/c1-13(2)11-24-19(27)14-7-3-4-8-15(14)25-18(26)12-23-16-9-5-6-10-17(16)28-20(21)22/h3-10,13,20,23H,11-12H2,1-2H3,(H,24,27)(H,25,26). The van der Waals surface area contributed by atoms with Crippen molar-refractivity contribution in [3.05, 3.63) is 54.1 Å². The molecule has 0 spiro atoms. The molecule has 150 valence electrons. The number of carbonyl (C=O) groups excluding carboxylic acids is 2. The molecule has 0 saturated carbocycles. The average molecular weight is 391 g/mol. The van der Waals surface area contributed by atoms with Crippen molar-refractivity contribution in [3.63, 3.8) is 0 Å². The zero-order chi connectivity index (χ0) is 20.5. The molecule has 8 heteroatoms. The summed E-state index contributed by atoms with van der Waals surface area (Å²) in [5.74, 6) is -0.478. The summed E-state index contributed by atoms with van der Waals surface area (Å²) >= 11 is 0. The minimum atomic E-state index is -2.96. The van der Waals surface area contributed by atoms with Gasteiger partial charge in [0, 0.05) is 6.54 Å². The van der Waals surface area contributed by atoms with Gasteiger partial charge in [0.05, 0.1) is 23.5 Å². The van der Waals surface area contributed by atoms with Gasteiger partial charge in [-0.2, -0.15) is 8.78 Å². The van der Waals surface area contributed by atoms with Gasteiger partial charge in [0.25, 0.3) is 5.91 Å². The summed E-state index contributed by atoms with van der Waals surface area (Å²) in [6.45, 7) is 1.33. The zero-order valence-electron chi connectivity index (χ0n) is 15.7. The van der Waals surface area contributed by atoms with E-state index in [4.69, 9.17) is 0 Å². The van der Waals surface area contributed by atoms with E-state index in [1.54, 1.807) is 36.4 Å². The van der Waals surface area contributed by atoms with E-state index >= 15 is 0 Å². The maximum Gasteiger partial charge on any atom is 0.387 e. The van der Waals surface area contributed by atoms with Crippen molar-refractivity contribution in [3.8, 4) is 5.75 Å². The van der Waals surface area contributed by atoms with Gasteiger partial charge in [-0.05, 0) is 30.2 Å². The van der Waals surface area contributed by atoms with E-state index in [1.165, 1.54) is 12.1 Å². The first kappa shape index (κ1) is 21.1. The molecule has 28 heavy (non-hydrogen) atoms. The van der Waals surface area contributed by atoms with Gasteiger partial charge < -0.3 is 20.7 Å². The van der Waals surface area contributed by atoms with Crippen molar-refractivity contribution in [2.45, 2.75) is 20.5 Å². The molecule has 2 aromatic carbocycles. The van der Waals surface area contributed by atoms with Gasteiger partial charge in [0.15, 0.2) is 0 Å². The number of nitrogens with one attached hydrogen (secondary N) is 3. The molecule has 0 fully saturated rings. The van der Waals surface area contributed by atoms with Gasteiger partial charge in [-0.15, -0.1) is 0 Å². The lowest BCUT2D eigenvalue weighted by Gasteiger charge is -2.14. The third-order valence-electron chi connectivity index (χ3n) is 3.66. The number of ether oxygens (including phenoxy) is 1. The van der Waals surface area contributed by atoms with E-state index < -0.39 is 12.5 Å². The van der Waals surface area contributed by atoms with Crippen molar-refractivity contribution in [2.24, 2.45) is 5.92 Å². The molecule has 2 aromatic rings. The first-order chi connectivity index (χ1) is 13.4. The fourth-order valence-corrected chi connectivity index (χ4v) is 2.36. The highest BCUT2D eigenvalue weighted by molar-refractivity contribution is 6.04. The topological polar surface area (TPSA) is 79.5 Å². The molecule has 0 bridgehead atoms. The van der Waals surface area contributed by atoms with Crippen molar-refractivity contribution < 1.29 is 23.1 Å². The van der Waals surface area contributed by atoms with Crippen LogP contribution < -0.4 is 20.7 Å². The quantitative estimate of drug-likeness (QED) is 0.609. The Morgan fingerprint density at radius 2 is 1.64 bits per heavy atom. The number of para-hydroxylation sites is 3. The van der Waals surface area contributed by atoms with E-state index in [1.807, 2.05) is 13.8 Å². The van der Waals surface area contributed by atoms with Crippen LogP contribution in [0.1, 0.15) is 24.2 Å². The Morgan fingerprint density at radius 1 is 1.00 bits per heavy atom. The second kappa shape index (κ2) is 10.2. The Morgan fingerprint density at radius 3 is 2.32 bits per heavy atom. The summed E-state index contributed by atoms with van der Waals surface area (Å²) in [6.07, 6.45) is 0. The molecule has 0 heterocycles. The molecule has 0 atom stereocenters. The first-order valence-corrected chi connectivity index (χ1v) is 8.81. The summed E-state index contributed by atoms with van der Waals surface area (Å²) in [6, 6.07) is 12.7. The molecular formula is C20H23F2N3O3. The Labute approximate surface area is 162 Å². The molecule has 0 saturated heterocycles. The van der Waals surface area contributed by atoms with Crippen LogP contribution in [0.15, 0.2) is 48.5 Å². The van der Waals surface area contributed by atoms with Crippen LogP contribution in [0.25, 0.3) is 0 Å². The lowest BCUT2D eigenvalue weighted by Crippen LogP contribution is -2.29. The smallest absolute Gasteiger partial charge is 0.387 e. The molecule has 0 radical (unpaired) electrons. The number of alkyl halides is 2. The summed E-state index contributed by atoms with van der Waals surface area (Å²) < 4.78 is 29.3. The van der Waals surface area contributed by atoms with Gasteiger partial charge in [-0.1, -0.05) is 38.1 Å². The summed E-state index contributed by atoms with van der Waals surface area (Å²) in [4.78, 5) is 24.6. The van der Waals surface area contributed by atoms with Crippen LogP contribution >= 0.6 is 0 Å². The largest absolute Gasteiger partial charge is 0.433 e. The highest BCUT2D eigenvalue weighted by Gasteiger charge is 2.14. The van der Waals surface area contributed by atoms with Crippen molar-refractivity contribution in [1.82, 2.24) is 5.32 Å². The van der Waals surface area contributed by atoms with Crippen molar-refractivity contribution >= 4 is 23.2 Å². The lowest BCUT2D eigenvalue weighted by atomic mass is 10.1. The second-order valence-electron chi connectivity index (χ2n) is 6.43.